The van der Waals surface area contributed by atoms with E-state index in [1.54, 1.807) is 17.8 Å². The van der Waals surface area contributed by atoms with Crippen LogP contribution in [0, 0.1) is 5.82 Å². The molecule has 0 atom stereocenters. The lowest BCUT2D eigenvalue weighted by atomic mass is 10.1. The van der Waals surface area contributed by atoms with E-state index in [2.05, 4.69) is 15.2 Å². The molecule has 158 valence electrons. The van der Waals surface area contributed by atoms with Gasteiger partial charge in [0.05, 0.1) is 23.2 Å². The number of thioether (sulfide) groups is 1. The first-order valence-corrected chi connectivity index (χ1v) is 11.1. The van der Waals surface area contributed by atoms with Crippen molar-refractivity contribution in [3.8, 4) is 0 Å². The van der Waals surface area contributed by atoms with E-state index in [4.69, 9.17) is 11.6 Å². The molecule has 4 rings (SSSR count). The van der Waals surface area contributed by atoms with Gasteiger partial charge in [0.2, 0.25) is 15.9 Å². The van der Waals surface area contributed by atoms with Gasteiger partial charge >= 0.3 is 0 Å². The van der Waals surface area contributed by atoms with Crippen LogP contribution in [-0.2, 0) is 21.6 Å². The fraction of sp³-hybridized carbons (Fsp3) is 0.150. The second-order valence-corrected chi connectivity index (χ2v) is 9.00. The average molecular weight is 469 g/mol. The predicted molar refractivity (Wildman–Crippen MR) is 115 cm³/mol. The van der Waals surface area contributed by atoms with Gasteiger partial charge in [0.15, 0.2) is 12.0 Å². The van der Waals surface area contributed by atoms with Crippen LogP contribution < -0.4 is 9.47 Å². The highest BCUT2D eigenvalue weighted by Gasteiger charge is 2.23. The van der Waals surface area contributed by atoms with Gasteiger partial charge in [-0.1, -0.05) is 29.4 Å². The molecule has 0 amide bonds. The SMILES string of the molecule is CN1/C(=C/c2cc[n+](C)c3c(F)cccc23)Sc2ccc(Cl)cc21.COS(=O)(=O)[O-]. The number of pyridine rings is 1. The first-order chi connectivity index (χ1) is 14.1. The van der Waals surface area contributed by atoms with E-state index in [-0.39, 0.29) is 5.82 Å². The van der Waals surface area contributed by atoms with E-state index in [0.717, 1.165) is 33.8 Å². The van der Waals surface area contributed by atoms with Gasteiger partial charge < -0.3 is 9.45 Å². The molecule has 0 N–H and O–H groups in total. The lowest BCUT2D eigenvalue weighted by Gasteiger charge is -2.14. The molecule has 1 aliphatic rings. The lowest BCUT2D eigenvalue weighted by molar-refractivity contribution is -0.645. The van der Waals surface area contributed by atoms with Gasteiger partial charge in [-0.05, 0) is 42.0 Å². The molecule has 0 fully saturated rings. The Labute approximate surface area is 183 Å². The number of aryl methyl sites for hydroxylation is 1. The Kier molecular flexibility index (Phi) is 6.68. The second kappa shape index (κ2) is 8.91. The van der Waals surface area contributed by atoms with E-state index in [1.165, 1.54) is 11.0 Å². The van der Waals surface area contributed by atoms with Crippen molar-refractivity contribution < 1.29 is 26.1 Å². The fourth-order valence-electron chi connectivity index (χ4n) is 2.99. The highest BCUT2D eigenvalue weighted by Crippen LogP contribution is 2.46. The first kappa shape index (κ1) is 22.5. The number of aromatic nitrogens is 1. The molecule has 2 aromatic carbocycles. The van der Waals surface area contributed by atoms with Gasteiger partial charge in [-0.2, -0.15) is 8.96 Å². The Balaban J connectivity index is 0.000000377. The molecule has 0 bridgehead atoms. The van der Waals surface area contributed by atoms with Gasteiger partial charge in [0, 0.05) is 23.0 Å². The molecule has 6 nitrogen and oxygen atoms in total. The van der Waals surface area contributed by atoms with Gasteiger partial charge in [-0.25, -0.2) is 8.42 Å². The van der Waals surface area contributed by atoms with Crippen molar-refractivity contribution >= 4 is 56.4 Å². The zero-order valence-electron chi connectivity index (χ0n) is 16.3. The van der Waals surface area contributed by atoms with E-state index < -0.39 is 10.4 Å². The van der Waals surface area contributed by atoms with Crippen molar-refractivity contribution in [2.24, 2.45) is 7.05 Å². The summed E-state index contributed by atoms with van der Waals surface area (Å²) in [4.78, 5) is 3.29. The van der Waals surface area contributed by atoms with Crippen molar-refractivity contribution in [1.29, 1.82) is 0 Å². The molecule has 0 spiro atoms. The smallest absolute Gasteiger partial charge is 0.248 e. The van der Waals surface area contributed by atoms with Crippen LogP contribution in [0.1, 0.15) is 5.56 Å². The zero-order chi connectivity index (χ0) is 22.1. The number of hydrogen-bond donors (Lipinski definition) is 0. The maximum absolute atomic E-state index is 14.2. The number of fused-ring (bicyclic) bond motifs is 2. The minimum atomic E-state index is -4.41. The summed E-state index contributed by atoms with van der Waals surface area (Å²) >= 11 is 7.80. The molecule has 2 heterocycles. The average Bonchev–Trinajstić information content (AvgIpc) is 2.99. The molecule has 1 aliphatic heterocycles. The van der Waals surface area contributed by atoms with Crippen LogP contribution in [0.5, 0.6) is 0 Å². The maximum Gasteiger partial charge on any atom is 0.248 e. The van der Waals surface area contributed by atoms with E-state index in [9.17, 15) is 17.4 Å². The molecule has 10 heteroatoms. The third-order valence-corrected chi connectivity index (χ3v) is 6.25. The Morgan fingerprint density at radius 1 is 1.27 bits per heavy atom. The number of hydrogen-bond acceptors (Lipinski definition) is 6. The summed E-state index contributed by atoms with van der Waals surface area (Å²) in [5.74, 6) is -0.210. The van der Waals surface area contributed by atoms with Gasteiger partial charge in [0.1, 0.15) is 7.05 Å². The lowest BCUT2D eigenvalue weighted by Crippen LogP contribution is -2.29. The number of nitrogens with zero attached hydrogens (tertiary/aromatic N) is 2. The summed E-state index contributed by atoms with van der Waals surface area (Å²) in [7, 11) is 0.274. The zero-order valence-corrected chi connectivity index (χ0v) is 18.7. The number of rotatable bonds is 2. The molecule has 0 saturated carbocycles. The summed E-state index contributed by atoms with van der Waals surface area (Å²) in [6, 6.07) is 13.1. The normalized spacial score (nSPS) is 14.6. The predicted octanol–water partition coefficient (Wildman–Crippen LogP) is 4.09. The summed E-state index contributed by atoms with van der Waals surface area (Å²) in [6.07, 6.45) is 3.99. The van der Waals surface area contributed by atoms with Crippen molar-refractivity contribution in [2.45, 2.75) is 4.90 Å². The molecule has 0 unspecified atom stereocenters. The van der Waals surface area contributed by atoms with Crippen LogP contribution in [0.25, 0.3) is 17.0 Å². The van der Waals surface area contributed by atoms with Crippen LogP contribution >= 0.6 is 23.4 Å². The van der Waals surface area contributed by atoms with Crippen molar-refractivity contribution in [2.75, 3.05) is 19.1 Å². The number of anilines is 1. The molecular formula is C20H18ClFN2O4S2. The highest BCUT2D eigenvalue weighted by molar-refractivity contribution is 8.03. The Morgan fingerprint density at radius 2 is 1.97 bits per heavy atom. The summed E-state index contributed by atoms with van der Waals surface area (Å²) in [5, 5.41) is 2.71. The van der Waals surface area contributed by atoms with Crippen molar-refractivity contribution in [3.05, 3.63) is 70.1 Å². The minimum absolute atomic E-state index is 0.210. The topological polar surface area (TPSA) is 73.5 Å². The van der Waals surface area contributed by atoms with Gasteiger partial charge in [-0.3, -0.25) is 4.18 Å². The van der Waals surface area contributed by atoms with Crippen LogP contribution in [0.3, 0.4) is 0 Å². The molecule has 0 saturated heterocycles. The largest absolute Gasteiger partial charge is 0.726 e. The van der Waals surface area contributed by atoms with Crippen molar-refractivity contribution in [3.63, 3.8) is 0 Å². The Morgan fingerprint density at radius 3 is 2.63 bits per heavy atom. The van der Waals surface area contributed by atoms with E-state index >= 15 is 0 Å². The molecule has 0 radical (unpaired) electrons. The Bertz CT molecular complexity index is 1240. The fourth-order valence-corrected chi connectivity index (χ4v) is 4.24. The van der Waals surface area contributed by atoms with Crippen LogP contribution in [0.4, 0.5) is 10.1 Å². The summed E-state index contributed by atoms with van der Waals surface area (Å²) in [6.45, 7) is 0. The van der Waals surface area contributed by atoms with Crippen molar-refractivity contribution in [1.82, 2.24) is 0 Å². The molecular weight excluding hydrogens is 451 g/mol. The third-order valence-electron chi connectivity index (χ3n) is 4.44. The number of para-hydroxylation sites is 1. The van der Waals surface area contributed by atoms with E-state index in [0.29, 0.717) is 5.52 Å². The quantitative estimate of drug-likeness (QED) is 0.320. The molecule has 0 aliphatic carbocycles. The minimum Gasteiger partial charge on any atom is -0.726 e. The standard InChI is InChI=1S/C19H15ClFN2S.CH4O4S/c1-22-9-8-12(14-4-3-5-15(21)19(14)22)10-18-23(2)16-11-13(20)6-7-17(16)24-18;1-5-6(2,3)4/h3-11H,1-2H3;1H3,(H,2,3,4)/q+1;/p-1. The monoisotopic (exact) mass is 468 g/mol. The molecule has 3 aromatic rings. The molecule has 30 heavy (non-hydrogen) atoms. The molecule has 1 aromatic heterocycles. The summed E-state index contributed by atoms with van der Waals surface area (Å²) < 4.78 is 47.0. The van der Waals surface area contributed by atoms with E-state index in [1.807, 2.05) is 55.2 Å². The van der Waals surface area contributed by atoms with Crippen LogP contribution in [0.2, 0.25) is 5.02 Å². The number of halogens is 2. The summed E-state index contributed by atoms with van der Waals surface area (Å²) in [5.41, 5.74) is 2.70. The highest BCUT2D eigenvalue weighted by atomic mass is 35.5. The third kappa shape index (κ3) is 4.93. The van der Waals surface area contributed by atoms with Gasteiger partial charge in [0.25, 0.3) is 0 Å². The maximum atomic E-state index is 14.2. The first-order valence-electron chi connectivity index (χ1n) is 8.62. The Hall–Kier alpha value is -2.17. The van der Waals surface area contributed by atoms with Crippen LogP contribution in [0.15, 0.2) is 58.6 Å². The van der Waals surface area contributed by atoms with Gasteiger partial charge in [-0.15, -0.1) is 0 Å². The van der Waals surface area contributed by atoms with Crippen LogP contribution in [-0.4, -0.2) is 27.1 Å². The number of benzene rings is 2. The second-order valence-electron chi connectivity index (χ2n) is 6.35.